The highest BCUT2D eigenvalue weighted by Gasteiger charge is 2.25. The Morgan fingerprint density at radius 1 is 1.24 bits per heavy atom. The maximum atomic E-state index is 5.78. The zero-order chi connectivity index (χ0) is 11.7. The molecule has 1 aromatic rings. The monoisotopic (exact) mass is 236 g/mol. The molecule has 3 heterocycles. The van der Waals surface area contributed by atoms with Crippen LogP contribution in [-0.4, -0.2) is 29.8 Å². The fourth-order valence-corrected chi connectivity index (χ4v) is 2.59. The first-order valence-corrected chi connectivity index (χ1v) is 6.64. The van der Waals surface area contributed by atoms with Gasteiger partial charge in [-0.2, -0.15) is 0 Å². The summed E-state index contributed by atoms with van der Waals surface area (Å²) in [4.78, 5) is 2.21. The van der Waals surface area contributed by atoms with Crippen LogP contribution in [-0.2, 0) is 0 Å². The Hall–Kier alpha value is -1.10. The van der Waals surface area contributed by atoms with Crippen LogP contribution >= 0.6 is 0 Å². The van der Waals surface area contributed by atoms with Gasteiger partial charge in [0.05, 0.1) is 6.04 Å². The molecule has 3 rings (SSSR count). The maximum absolute atomic E-state index is 5.78. The molecule has 0 spiro atoms. The second-order valence-corrected chi connectivity index (χ2v) is 5.24. The largest absolute Gasteiger partial charge is 0.406 e. The van der Waals surface area contributed by atoms with Crippen molar-refractivity contribution in [3.8, 4) is 0 Å². The van der Waals surface area contributed by atoms with Crippen molar-refractivity contribution >= 4 is 6.01 Å². The SMILES string of the molecule is CC1CCN(c2nnc(C3CCCN3)o2)CC1. The van der Waals surface area contributed by atoms with Gasteiger partial charge in [0.1, 0.15) is 0 Å². The summed E-state index contributed by atoms with van der Waals surface area (Å²) in [6, 6.07) is 0.987. The lowest BCUT2D eigenvalue weighted by Gasteiger charge is -2.28. The Bertz CT molecular complexity index is 364. The number of hydrogen-bond donors (Lipinski definition) is 1. The second kappa shape index (κ2) is 4.64. The number of piperidine rings is 1. The number of nitrogens with zero attached hydrogens (tertiary/aromatic N) is 3. The third-order valence-corrected chi connectivity index (χ3v) is 3.84. The van der Waals surface area contributed by atoms with Gasteiger partial charge in [0.2, 0.25) is 5.89 Å². The Morgan fingerprint density at radius 2 is 2.06 bits per heavy atom. The van der Waals surface area contributed by atoms with Crippen molar-refractivity contribution in [2.24, 2.45) is 5.92 Å². The molecule has 1 aromatic heterocycles. The summed E-state index contributed by atoms with van der Waals surface area (Å²) >= 11 is 0. The van der Waals surface area contributed by atoms with Crippen molar-refractivity contribution in [3.05, 3.63) is 5.89 Å². The lowest BCUT2D eigenvalue weighted by molar-refractivity contribution is 0.390. The molecule has 2 saturated heterocycles. The third-order valence-electron chi connectivity index (χ3n) is 3.84. The summed E-state index contributed by atoms with van der Waals surface area (Å²) in [5, 5.41) is 11.7. The topological polar surface area (TPSA) is 54.2 Å². The summed E-state index contributed by atoms with van der Waals surface area (Å²) in [5.41, 5.74) is 0. The Balaban J connectivity index is 1.67. The first-order chi connectivity index (χ1) is 8.33. The van der Waals surface area contributed by atoms with Crippen molar-refractivity contribution in [2.75, 3.05) is 24.5 Å². The van der Waals surface area contributed by atoms with Crippen molar-refractivity contribution in [1.29, 1.82) is 0 Å². The first kappa shape index (κ1) is 11.0. The average molecular weight is 236 g/mol. The highest BCUT2D eigenvalue weighted by Crippen LogP contribution is 2.26. The molecular formula is C12H20N4O. The second-order valence-electron chi connectivity index (χ2n) is 5.24. The van der Waals surface area contributed by atoms with Crippen LogP contribution in [0, 0.1) is 5.92 Å². The quantitative estimate of drug-likeness (QED) is 0.847. The van der Waals surface area contributed by atoms with E-state index in [1.165, 1.54) is 19.3 Å². The Kier molecular flexibility index (Phi) is 3.01. The van der Waals surface area contributed by atoms with Crippen LogP contribution in [0.1, 0.15) is 44.5 Å². The van der Waals surface area contributed by atoms with E-state index in [1.54, 1.807) is 0 Å². The summed E-state index contributed by atoms with van der Waals surface area (Å²) in [7, 11) is 0. The van der Waals surface area contributed by atoms with Gasteiger partial charge in [-0.15, -0.1) is 5.10 Å². The predicted molar refractivity (Wildman–Crippen MR) is 64.9 cm³/mol. The summed E-state index contributed by atoms with van der Waals surface area (Å²) < 4.78 is 5.78. The predicted octanol–water partition coefficient (Wildman–Crippen LogP) is 1.73. The lowest BCUT2D eigenvalue weighted by atomic mass is 10.00. The van der Waals surface area contributed by atoms with Gasteiger partial charge in [0.25, 0.3) is 0 Å². The Morgan fingerprint density at radius 3 is 2.76 bits per heavy atom. The third kappa shape index (κ3) is 2.29. The average Bonchev–Trinajstić information content (AvgIpc) is 3.00. The molecule has 0 aromatic carbocycles. The van der Waals surface area contributed by atoms with Crippen molar-refractivity contribution < 1.29 is 4.42 Å². The van der Waals surface area contributed by atoms with Crippen molar-refractivity contribution in [3.63, 3.8) is 0 Å². The fraction of sp³-hybridized carbons (Fsp3) is 0.833. The summed E-state index contributed by atoms with van der Waals surface area (Å²) in [6.45, 7) is 5.45. The normalized spacial score (nSPS) is 26.6. The molecular weight excluding hydrogens is 216 g/mol. The highest BCUT2D eigenvalue weighted by atomic mass is 16.4. The molecule has 0 radical (unpaired) electrons. The van der Waals surface area contributed by atoms with Gasteiger partial charge in [-0.25, -0.2) is 0 Å². The molecule has 0 bridgehead atoms. The van der Waals surface area contributed by atoms with Crippen molar-refractivity contribution in [1.82, 2.24) is 15.5 Å². The maximum Gasteiger partial charge on any atom is 0.318 e. The molecule has 1 atom stereocenters. The first-order valence-electron chi connectivity index (χ1n) is 6.64. The van der Waals surface area contributed by atoms with E-state index in [1.807, 2.05) is 0 Å². The molecule has 17 heavy (non-hydrogen) atoms. The van der Waals surface area contributed by atoms with E-state index >= 15 is 0 Å². The van der Waals surface area contributed by atoms with E-state index in [-0.39, 0.29) is 6.04 Å². The van der Waals surface area contributed by atoms with Gasteiger partial charge in [-0.05, 0) is 38.1 Å². The summed E-state index contributed by atoms with van der Waals surface area (Å²) in [5.74, 6) is 1.58. The van der Waals surface area contributed by atoms with Gasteiger partial charge >= 0.3 is 6.01 Å². The number of rotatable bonds is 2. The van der Waals surface area contributed by atoms with E-state index in [0.717, 1.165) is 37.9 Å². The van der Waals surface area contributed by atoms with Crippen LogP contribution < -0.4 is 10.2 Å². The van der Waals surface area contributed by atoms with Crippen LogP contribution in [0.25, 0.3) is 0 Å². The van der Waals surface area contributed by atoms with E-state index in [2.05, 4.69) is 27.3 Å². The minimum Gasteiger partial charge on any atom is -0.406 e. The molecule has 2 fully saturated rings. The number of hydrogen-bond acceptors (Lipinski definition) is 5. The van der Waals surface area contributed by atoms with E-state index in [0.29, 0.717) is 6.01 Å². The molecule has 5 nitrogen and oxygen atoms in total. The fourth-order valence-electron chi connectivity index (χ4n) is 2.59. The van der Waals surface area contributed by atoms with Gasteiger partial charge in [0, 0.05) is 13.1 Å². The number of anilines is 1. The van der Waals surface area contributed by atoms with Gasteiger partial charge in [0.15, 0.2) is 0 Å². The zero-order valence-corrected chi connectivity index (χ0v) is 10.4. The lowest BCUT2D eigenvalue weighted by Crippen LogP contribution is -2.32. The Labute approximate surface area is 102 Å². The smallest absolute Gasteiger partial charge is 0.318 e. The summed E-state index contributed by atoms with van der Waals surface area (Å²) in [6.07, 6.45) is 4.75. The zero-order valence-electron chi connectivity index (χ0n) is 10.4. The van der Waals surface area contributed by atoms with E-state index in [9.17, 15) is 0 Å². The number of aromatic nitrogens is 2. The molecule has 2 aliphatic rings. The molecule has 1 N–H and O–H groups in total. The highest BCUT2D eigenvalue weighted by molar-refractivity contribution is 5.25. The van der Waals surface area contributed by atoms with Crippen LogP contribution in [0.2, 0.25) is 0 Å². The molecule has 2 aliphatic heterocycles. The minimum atomic E-state index is 0.278. The van der Waals surface area contributed by atoms with E-state index in [4.69, 9.17) is 4.42 Å². The van der Waals surface area contributed by atoms with Crippen molar-refractivity contribution in [2.45, 2.75) is 38.6 Å². The van der Waals surface area contributed by atoms with Gasteiger partial charge < -0.3 is 14.6 Å². The number of nitrogens with one attached hydrogen (secondary N) is 1. The van der Waals surface area contributed by atoms with Crippen LogP contribution in [0.4, 0.5) is 6.01 Å². The van der Waals surface area contributed by atoms with Crippen LogP contribution in [0.5, 0.6) is 0 Å². The van der Waals surface area contributed by atoms with E-state index < -0.39 is 0 Å². The molecule has 94 valence electrons. The standard InChI is InChI=1S/C12H20N4O/c1-9-4-7-16(8-5-9)12-15-14-11(17-12)10-3-2-6-13-10/h9-10,13H,2-8H2,1H3. The van der Waals surface area contributed by atoms with Gasteiger partial charge in [-0.1, -0.05) is 12.0 Å². The molecule has 1 unspecified atom stereocenters. The minimum absolute atomic E-state index is 0.278. The molecule has 5 heteroatoms. The van der Waals surface area contributed by atoms with Gasteiger partial charge in [-0.3, -0.25) is 0 Å². The van der Waals surface area contributed by atoms with Crippen LogP contribution in [0.3, 0.4) is 0 Å². The molecule has 0 aliphatic carbocycles. The molecule has 0 saturated carbocycles. The molecule has 0 amide bonds. The van der Waals surface area contributed by atoms with Crippen LogP contribution in [0.15, 0.2) is 4.42 Å².